The number of carbonyl (C=O) groups excluding carboxylic acids is 3. The van der Waals surface area contributed by atoms with Crippen molar-refractivity contribution < 1.29 is 14.4 Å². The lowest BCUT2D eigenvalue weighted by atomic mass is 10.1. The maximum absolute atomic E-state index is 12.4. The summed E-state index contributed by atoms with van der Waals surface area (Å²) in [6.07, 6.45) is 0.103. The van der Waals surface area contributed by atoms with Crippen LogP contribution in [0.15, 0.2) is 51.4 Å². The van der Waals surface area contributed by atoms with E-state index in [4.69, 9.17) is 0 Å². The molecule has 1 unspecified atom stereocenters. The van der Waals surface area contributed by atoms with Crippen LogP contribution in [-0.2, 0) is 9.59 Å². The monoisotopic (exact) mass is 493 g/mol. The van der Waals surface area contributed by atoms with Gasteiger partial charge in [0, 0.05) is 27.6 Å². The van der Waals surface area contributed by atoms with E-state index in [1.807, 2.05) is 25.1 Å². The Balaban J connectivity index is 1.61. The number of nitrogens with one attached hydrogen (secondary N) is 2. The molecule has 1 heterocycles. The van der Waals surface area contributed by atoms with Crippen LogP contribution in [0.4, 0.5) is 5.69 Å². The van der Waals surface area contributed by atoms with Crippen LogP contribution < -0.4 is 15.8 Å². The summed E-state index contributed by atoms with van der Waals surface area (Å²) in [7, 11) is 0. The first-order valence-corrected chi connectivity index (χ1v) is 9.86. The quantitative estimate of drug-likeness (QED) is 0.642. The van der Waals surface area contributed by atoms with Crippen molar-refractivity contribution in [2.45, 2.75) is 13.3 Å². The van der Waals surface area contributed by atoms with E-state index in [9.17, 15) is 14.4 Å². The molecule has 0 aromatic heterocycles. The van der Waals surface area contributed by atoms with Gasteiger partial charge in [-0.15, -0.1) is 0 Å². The zero-order valence-electron chi connectivity index (χ0n) is 14.5. The number of hydrazine groups is 1. The summed E-state index contributed by atoms with van der Waals surface area (Å²) in [4.78, 5) is 38.5. The van der Waals surface area contributed by atoms with E-state index in [1.165, 1.54) is 0 Å². The van der Waals surface area contributed by atoms with Crippen LogP contribution in [0.1, 0.15) is 22.3 Å². The maximum atomic E-state index is 12.4. The molecule has 3 amide bonds. The third-order valence-electron chi connectivity index (χ3n) is 4.37. The predicted octanol–water partition coefficient (Wildman–Crippen LogP) is 3.33. The third-order valence-corrected chi connectivity index (χ3v) is 5.95. The molecule has 140 valence electrons. The lowest BCUT2D eigenvalue weighted by molar-refractivity contribution is -0.126. The Morgan fingerprint density at radius 1 is 1.07 bits per heavy atom. The van der Waals surface area contributed by atoms with Gasteiger partial charge >= 0.3 is 0 Å². The standard InChI is InChI=1S/C19H17Br2N3O3/c1-11-8-13(6-7-15(11)20)24-10-12(9-17(24)25)18(26)22-23-19(27)14-4-2-3-5-16(14)21/h2-8,12H,9-10H2,1H3,(H,22,26)(H,23,27). The summed E-state index contributed by atoms with van der Waals surface area (Å²) >= 11 is 6.73. The highest BCUT2D eigenvalue weighted by Crippen LogP contribution is 2.28. The van der Waals surface area contributed by atoms with Gasteiger partial charge in [-0.25, -0.2) is 0 Å². The molecule has 0 aliphatic carbocycles. The van der Waals surface area contributed by atoms with Crippen LogP contribution in [0.5, 0.6) is 0 Å². The van der Waals surface area contributed by atoms with Crippen LogP contribution in [0, 0.1) is 12.8 Å². The van der Waals surface area contributed by atoms with Crippen molar-refractivity contribution in [1.82, 2.24) is 10.9 Å². The minimum atomic E-state index is -0.527. The molecule has 1 fully saturated rings. The summed E-state index contributed by atoms with van der Waals surface area (Å²) in [6.45, 7) is 2.21. The second kappa shape index (κ2) is 8.22. The van der Waals surface area contributed by atoms with Gasteiger partial charge in [-0.05, 0) is 58.7 Å². The van der Waals surface area contributed by atoms with Gasteiger partial charge in [0.15, 0.2) is 0 Å². The van der Waals surface area contributed by atoms with Crippen molar-refractivity contribution in [3.8, 4) is 0 Å². The van der Waals surface area contributed by atoms with E-state index in [0.717, 1.165) is 15.7 Å². The maximum Gasteiger partial charge on any atom is 0.270 e. The van der Waals surface area contributed by atoms with E-state index < -0.39 is 11.8 Å². The van der Waals surface area contributed by atoms with E-state index in [1.54, 1.807) is 29.2 Å². The Kier molecular flexibility index (Phi) is 5.96. The van der Waals surface area contributed by atoms with Crippen molar-refractivity contribution in [3.63, 3.8) is 0 Å². The Hall–Kier alpha value is -2.19. The molecule has 2 aromatic carbocycles. The minimum Gasteiger partial charge on any atom is -0.312 e. The number of amides is 3. The van der Waals surface area contributed by atoms with Crippen LogP contribution in [0.25, 0.3) is 0 Å². The number of halogens is 2. The highest BCUT2D eigenvalue weighted by molar-refractivity contribution is 9.10. The van der Waals surface area contributed by atoms with E-state index in [0.29, 0.717) is 10.0 Å². The van der Waals surface area contributed by atoms with Gasteiger partial charge in [0.1, 0.15) is 0 Å². The lowest BCUT2D eigenvalue weighted by Gasteiger charge is -2.18. The van der Waals surface area contributed by atoms with Crippen molar-refractivity contribution >= 4 is 55.3 Å². The predicted molar refractivity (Wildman–Crippen MR) is 109 cm³/mol. The molecule has 3 rings (SSSR count). The molecule has 27 heavy (non-hydrogen) atoms. The summed E-state index contributed by atoms with van der Waals surface area (Å²) in [6, 6.07) is 12.5. The molecule has 6 nitrogen and oxygen atoms in total. The number of carbonyl (C=O) groups is 3. The average molecular weight is 495 g/mol. The highest BCUT2D eigenvalue weighted by atomic mass is 79.9. The van der Waals surface area contributed by atoms with Crippen molar-refractivity contribution in [3.05, 3.63) is 62.5 Å². The fourth-order valence-corrected chi connectivity index (χ4v) is 3.57. The smallest absolute Gasteiger partial charge is 0.270 e. The second-order valence-electron chi connectivity index (χ2n) is 6.26. The van der Waals surface area contributed by atoms with E-state index in [-0.39, 0.29) is 24.8 Å². The first-order chi connectivity index (χ1) is 12.9. The molecule has 2 aromatic rings. The van der Waals surface area contributed by atoms with Gasteiger partial charge in [-0.1, -0.05) is 28.1 Å². The SMILES string of the molecule is Cc1cc(N2CC(C(=O)NNC(=O)c3ccccc3Br)CC2=O)ccc1Br. The molecule has 0 bridgehead atoms. The van der Waals surface area contributed by atoms with Crippen LogP contribution >= 0.6 is 31.9 Å². The van der Waals surface area contributed by atoms with Gasteiger partial charge in [0.05, 0.1) is 11.5 Å². The topological polar surface area (TPSA) is 78.5 Å². The molecular formula is C19H17Br2N3O3. The molecule has 8 heteroatoms. The Labute approximate surface area is 173 Å². The van der Waals surface area contributed by atoms with Crippen molar-refractivity contribution in [2.75, 3.05) is 11.4 Å². The van der Waals surface area contributed by atoms with Gasteiger partial charge < -0.3 is 4.90 Å². The average Bonchev–Trinajstić information content (AvgIpc) is 3.04. The second-order valence-corrected chi connectivity index (χ2v) is 7.97. The van der Waals surface area contributed by atoms with Gasteiger partial charge in [-0.2, -0.15) is 0 Å². The largest absolute Gasteiger partial charge is 0.312 e. The normalized spacial score (nSPS) is 16.3. The van der Waals surface area contributed by atoms with Gasteiger partial charge in [-0.3, -0.25) is 25.2 Å². The van der Waals surface area contributed by atoms with E-state index >= 15 is 0 Å². The minimum absolute atomic E-state index is 0.103. The first kappa shape index (κ1) is 19.6. The number of hydrogen-bond acceptors (Lipinski definition) is 3. The number of nitrogens with zero attached hydrogens (tertiary/aromatic N) is 1. The first-order valence-electron chi connectivity index (χ1n) is 8.28. The molecule has 2 N–H and O–H groups in total. The summed E-state index contributed by atoms with van der Waals surface area (Å²) in [5, 5.41) is 0. The Bertz CT molecular complexity index is 917. The van der Waals surface area contributed by atoms with Gasteiger partial charge in [0.2, 0.25) is 11.8 Å². The fraction of sp³-hybridized carbons (Fsp3) is 0.211. The molecule has 1 aliphatic rings. The number of hydrogen-bond donors (Lipinski definition) is 2. The van der Waals surface area contributed by atoms with Crippen molar-refractivity contribution in [1.29, 1.82) is 0 Å². The molecule has 1 atom stereocenters. The molecule has 1 aliphatic heterocycles. The van der Waals surface area contributed by atoms with Crippen molar-refractivity contribution in [2.24, 2.45) is 5.92 Å². The Morgan fingerprint density at radius 2 is 1.81 bits per heavy atom. The van der Waals surface area contributed by atoms with Crippen LogP contribution in [0.3, 0.4) is 0 Å². The molecule has 0 saturated carbocycles. The van der Waals surface area contributed by atoms with E-state index in [2.05, 4.69) is 42.7 Å². The molecule has 0 radical (unpaired) electrons. The summed E-state index contributed by atoms with van der Waals surface area (Å²) in [5.41, 5.74) is 6.99. The molecular weight excluding hydrogens is 478 g/mol. The highest BCUT2D eigenvalue weighted by Gasteiger charge is 2.35. The molecule has 1 saturated heterocycles. The summed E-state index contributed by atoms with van der Waals surface area (Å²) in [5.74, 6) is -1.46. The summed E-state index contributed by atoms with van der Waals surface area (Å²) < 4.78 is 1.59. The van der Waals surface area contributed by atoms with Crippen LogP contribution in [-0.4, -0.2) is 24.3 Å². The third kappa shape index (κ3) is 4.39. The van der Waals surface area contributed by atoms with Gasteiger partial charge in [0.25, 0.3) is 5.91 Å². The zero-order valence-corrected chi connectivity index (χ0v) is 17.6. The zero-order chi connectivity index (χ0) is 19.6. The molecule has 0 spiro atoms. The number of aryl methyl sites for hydroxylation is 1. The fourth-order valence-electron chi connectivity index (χ4n) is 2.86. The Morgan fingerprint density at radius 3 is 2.52 bits per heavy atom. The van der Waals surface area contributed by atoms with Crippen LogP contribution in [0.2, 0.25) is 0 Å². The number of rotatable bonds is 3. The number of benzene rings is 2. The number of anilines is 1. The lowest BCUT2D eigenvalue weighted by Crippen LogP contribution is -2.45.